The molecule has 1 saturated heterocycles. The predicted molar refractivity (Wildman–Crippen MR) is 127 cm³/mol. The molecule has 1 aromatic heterocycles. The summed E-state index contributed by atoms with van der Waals surface area (Å²) in [6.07, 6.45) is 11.4. The SMILES string of the molecule is CN(C)C(=O)[C@]1(Cc2cccc(-c3cccnc3)c2)CCCN(C(=O)CC2CCCC2)C1. The first-order valence-electron chi connectivity index (χ1n) is 12.0. The van der Waals surface area contributed by atoms with Gasteiger partial charge in [0.25, 0.3) is 0 Å². The summed E-state index contributed by atoms with van der Waals surface area (Å²) in [7, 11) is 3.66. The third-order valence-corrected chi connectivity index (χ3v) is 7.19. The average molecular weight is 434 g/mol. The van der Waals surface area contributed by atoms with E-state index < -0.39 is 5.41 Å². The second-order valence-electron chi connectivity index (χ2n) is 9.87. The molecule has 1 saturated carbocycles. The summed E-state index contributed by atoms with van der Waals surface area (Å²) in [5, 5.41) is 0. The smallest absolute Gasteiger partial charge is 0.230 e. The second-order valence-corrected chi connectivity index (χ2v) is 9.87. The minimum absolute atomic E-state index is 0.127. The van der Waals surface area contributed by atoms with Crippen LogP contribution in [0, 0.1) is 11.3 Å². The van der Waals surface area contributed by atoms with Crippen LogP contribution in [0.25, 0.3) is 11.1 Å². The number of amides is 2. The number of pyridine rings is 1. The van der Waals surface area contributed by atoms with Crippen molar-refractivity contribution >= 4 is 11.8 Å². The first-order valence-corrected chi connectivity index (χ1v) is 12.0. The van der Waals surface area contributed by atoms with Gasteiger partial charge in [-0.05, 0) is 60.8 Å². The molecule has 0 N–H and O–H groups in total. The van der Waals surface area contributed by atoms with Gasteiger partial charge in [0.15, 0.2) is 0 Å². The fourth-order valence-corrected chi connectivity index (χ4v) is 5.59. The molecule has 4 rings (SSSR count). The topological polar surface area (TPSA) is 53.5 Å². The molecule has 2 amide bonds. The fourth-order valence-electron chi connectivity index (χ4n) is 5.59. The number of hydrogen-bond acceptors (Lipinski definition) is 3. The number of aromatic nitrogens is 1. The summed E-state index contributed by atoms with van der Waals surface area (Å²) in [4.78, 5) is 34.5. The zero-order valence-electron chi connectivity index (χ0n) is 19.4. The lowest BCUT2D eigenvalue weighted by molar-refractivity contribution is -0.147. The first-order chi connectivity index (χ1) is 15.5. The van der Waals surface area contributed by atoms with Crippen LogP contribution < -0.4 is 0 Å². The third kappa shape index (κ3) is 5.03. The van der Waals surface area contributed by atoms with Crippen molar-refractivity contribution in [3.63, 3.8) is 0 Å². The molecule has 0 radical (unpaired) electrons. The maximum atomic E-state index is 13.5. The molecule has 32 heavy (non-hydrogen) atoms. The molecule has 170 valence electrons. The monoisotopic (exact) mass is 433 g/mol. The van der Waals surface area contributed by atoms with Gasteiger partial charge >= 0.3 is 0 Å². The van der Waals surface area contributed by atoms with Gasteiger partial charge in [-0.2, -0.15) is 0 Å². The van der Waals surface area contributed by atoms with E-state index in [4.69, 9.17) is 0 Å². The number of benzene rings is 1. The molecule has 5 nitrogen and oxygen atoms in total. The Hall–Kier alpha value is -2.69. The Morgan fingerprint density at radius 1 is 1.09 bits per heavy atom. The number of piperidine rings is 1. The van der Waals surface area contributed by atoms with E-state index in [9.17, 15) is 9.59 Å². The highest BCUT2D eigenvalue weighted by atomic mass is 16.2. The van der Waals surface area contributed by atoms with Crippen molar-refractivity contribution in [3.8, 4) is 11.1 Å². The molecule has 1 aliphatic carbocycles. The number of carbonyl (C=O) groups is 2. The second kappa shape index (κ2) is 9.85. The maximum absolute atomic E-state index is 13.5. The maximum Gasteiger partial charge on any atom is 0.230 e. The molecular formula is C27H35N3O2. The first kappa shape index (κ1) is 22.5. The molecule has 0 spiro atoms. The van der Waals surface area contributed by atoms with Gasteiger partial charge in [-0.25, -0.2) is 0 Å². The quantitative estimate of drug-likeness (QED) is 0.671. The van der Waals surface area contributed by atoms with E-state index in [1.165, 1.54) is 25.7 Å². The van der Waals surface area contributed by atoms with E-state index >= 15 is 0 Å². The summed E-state index contributed by atoms with van der Waals surface area (Å²) < 4.78 is 0. The molecule has 2 fully saturated rings. The molecule has 0 bridgehead atoms. The molecule has 1 aromatic carbocycles. The van der Waals surface area contributed by atoms with Crippen molar-refractivity contribution in [3.05, 3.63) is 54.4 Å². The van der Waals surface area contributed by atoms with Crippen LogP contribution in [0.15, 0.2) is 48.8 Å². The number of carbonyl (C=O) groups excluding carboxylic acids is 2. The lowest BCUT2D eigenvalue weighted by atomic mass is 9.73. The van der Waals surface area contributed by atoms with E-state index in [-0.39, 0.29) is 11.8 Å². The standard InChI is InChI=1S/C27H35N3O2/c1-29(2)26(32)27(13-7-15-30(20-27)25(31)17-21-8-3-4-9-21)18-22-10-5-11-23(16-22)24-12-6-14-28-19-24/h5-6,10-12,14,16,19,21H,3-4,7-9,13,15,17-18,20H2,1-2H3/t27-/m0/s1. The Morgan fingerprint density at radius 2 is 1.88 bits per heavy atom. The zero-order chi connectivity index (χ0) is 22.6. The van der Waals surface area contributed by atoms with Gasteiger partial charge in [0.2, 0.25) is 11.8 Å². The van der Waals surface area contributed by atoms with Gasteiger partial charge in [0, 0.05) is 46.0 Å². The van der Waals surface area contributed by atoms with Crippen molar-refractivity contribution in [2.75, 3.05) is 27.2 Å². The normalized spacial score (nSPS) is 21.5. The van der Waals surface area contributed by atoms with Crippen LogP contribution in [0.3, 0.4) is 0 Å². The Balaban J connectivity index is 1.57. The van der Waals surface area contributed by atoms with Gasteiger partial charge in [-0.1, -0.05) is 43.2 Å². The van der Waals surface area contributed by atoms with Crippen molar-refractivity contribution in [2.24, 2.45) is 11.3 Å². The zero-order valence-corrected chi connectivity index (χ0v) is 19.4. The Kier molecular flexibility index (Phi) is 6.92. The van der Waals surface area contributed by atoms with Crippen LogP contribution in [-0.2, 0) is 16.0 Å². The third-order valence-electron chi connectivity index (χ3n) is 7.19. The summed E-state index contributed by atoms with van der Waals surface area (Å²) in [6, 6.07) is 12.4. The number of rotatable bonds is 6. The molecule has 0 unspecified atom stereocenters. The van der Waals surface area contributed by atoms with Gasteiger partial charge in [0.05, 0.1) is 5.41 Å². The minimum atomic E-state index is -0.569. The van der Waals surface area contributed by atoms with E-state index in [2.05, 4.69) is 35.3 Å². The van der Waals surface area contributed by atoms with Crippen LogP contribution in [-0.4, -0.2) is 53.8 Å². The average Bonchev–Trinajstić information content (AvgIpc) is 3.32. The van der Waals surface area contributed by atoms with Crippen molar-refractivity contribution in [2.45, 2.75) is 51.4 Å². The van der Waals surface area contributed by atoms with E-state index in [0.29, 0.717) is 25.3 Å². The van der Waals surface area contributed by atoms with E-state index in [0.717, 1.165) is 36.1 Å². The lowest BCUT2D eigenvalue weighted by Gasteiger charge is -2.43. The lowest BCUT2D eigenvalue weighted by Crippen LogP contribution is -2.54. The summed E-state index contributed by atoms with van der Waals surface area (Å²) in [5.41, 5.74) is 2.74. The van der Waals surface area contributed by atoms with Crippen LogP contribution in [0.2, 0.25) is 0 Å². The molecule has 1 aliphatic heterocycles. The molecular weight excluding hydrogens is 398 g/mol. The number of hydrogen-bond donors (Lipinski definition) is 0. The molecule has 2 aromatic rings. The van der Waals surface area contributed by atoms with Crippen LogP contribution >= 0.6 is 0 Å². The van der Waals surface area contributed by atoms with Crippen molar-refractivity contribution in [1.29, 1.82) is 0 Å². The van der Waals surface area contributed by atoms with Crippen LogP contribution in [0.1, 0.15) is 50.5 Å². The molecule has 2 heterocycles. The molecule has 2 aliphatic rings. The van der Waals surface area contributed by atoms with Gasteiger partial charge in [-0.3, -0.25) is 14.6 Å². The van der Waals surface area contributed by atoms with Gasteiger partial charge in [-0.15, -0.1) is 0 Å². The number of nitrogens with zero attached hydrogens (tertiary/aromatic N) is 3. The van der Waals surface area contributed by atoms with E-state index in [1.54, 1.807) is 11.1 Å². The largest absolute Gasteiger partial charge is 0.348 e. The molecule has 1 atom stereocenters. The van der Waals surface area contributed by atoms with Crippen LogP contribution in [0.5, 0.6) is 0 Å². The highest BCUT2D eigenvalue weighted by molar-refractivity contribution is 5.85. The highest BCUT2D eigenvalue weighted by Gasteiger charge is 2.44. The van der Waals surface area contributed by atoms with Crippen molar-refractivity contribution in [1.82, 2.24) is 14.8 Å². The minimum Gasteiger partial charge on any atom is -0.348 e. The van der Waals surface area contributed by atoms with Crippen LogP contribution in [0.4, 0.5) is 0 Å². The van der Waals surface area contributed by atoms with Crippen molar-refractivity contribution < 1.29 is 9.59 Å². The Morgan fingerprint density at radius 3 is 2.59 bits per heavy atom. The van der Waals surface area contributed by atoms with E-state index in [1.807, 2.05) is 31.3 Å². The van der Waals surface area contributed by atoms with Gasteiger partial charge in [0.1, 0.15) is 0 Å². The summed E-state index contributed by atoms with van der Waals surface area (Å²) >= 11 is 0. The number of likely N-dealkylation sites (tertiary alicyclic amines) is 1. The fraction of sp³-hybridized carbons (Fsp3) is 0.519. The Bertz CT molecular complexity index is 937. The summed E-state index contributed by atoms with van der Waals surface area (Å²) in [6.45, 7) is 1.29. The highest BCUT2D eigenvalue weighted by Crippen LogP contribution is 2.37. The predicted octanol–water partition coefficient (Wildman–Crippen LogP) is 4.57. The Labute approximate surface area is 191 Å². The van der Waals surface area contributed by atoms with Gasteiger partial charge < -0.3 is 9.80 Å². The molecule has 5 heteroatoms. The summed E-state index contributed by atoms with van der Waals surface area (Å²) in [5.74, 6) is 0.888.